The van der Waals surface area contributed by atoms with E-state index in [-0.39, 0.29) is 18.9 Å². The summed E-state index contributed by atoms with van der Waals surface area (Å²) in [4.78, 5) is 49.0. The van der Waals surface area contributed by atoms with Crippen molar-refractivity contribution in [3.63, 3.8) is 0 Å². The number of rotatable bonds is 11. The molecule has 0 unspecified atom stereocenters. The molecule has 0 saturated carbocycles. The summed E-state index contributed by atoms with van der Waals surface area (Å²) in [6, 6.07) is 15.9. The van der Waals surface area contributed by atoms with Crippen LogP contribution in [-0.2, 0) is 32.1 Å². The van der Waals surface area contributed by atoms with Gasteiger partial charge in [0.1, 0.15) is 25.0 Å². The molecule has 8 nitrogen and oxygen atoms in total. The van der Waals surface area contributed by atoms with Gasteiger partial charge in [-0.05, 0) is 24.0 Å². The average molecular weight is 454 g/mol. The fourth-order valence-corrected chi connectivity index (χ4v) is 3.11. The van der Waals surface area contributed by atoms with Crippen LogP contribution in [0.4, 0.5) is 4.79 Å². The van der Waals surface area contributed by atoms with E-state index in [0.29, 0.717) is 6.29 Å². The fraction of sp³-hybridized carbons (Fsp3) is 0.360. The van der Waals surface area contributed by atoms with Gasteiger partial charge in [-0.15, -0.1) is 0 Å². The van der Waals surface area contributed by atoms with E-state index in [2.05, 4.69) is 16.0 Å². The van der Waals surface area contributed by atoms with Gasteiger partial charge >= 0.3 is 6.09 Å². The molecule has 0 heterocycles. The highest BCUT2D eigenvalue weighted by Crippen LogP contribution is 2.08. The predicted octanol–water partition coefficient (Wildman–Crippen LogP) is 2.37. The molecule has 3 atom stereocenters. The maximum absolute atomic E-state index is 13.0. The van der Waals surface area contributed by atoms with Crippen molar-refractivity contribution >= 4 is 24.2 Å². The number of amides is 3. The van der Waals surface area contributed by atoms with E-state index in [1.165, 1.54) is 0 Å². The first-order valence-electron chi connectivity index (χ1n) is 10.9. The second kappa shape index (κ2) is 13.0. The number of carbonyl (C=O) groups excluding carboxylic acids is 4. The standard InChI is InChI=1S/C25H31N3O5/c1-17(2)22(28-25(32)33-16-20-12-8-5-9-13-20)24(31)27-21(23(30)26-18(3)15-29)14-19-10-6-4-7-11-19/h4-13,15,17-18,21-22H,14,16H2,1-3H3,(H,26,30)(H,27,31)(H,28,32)/t18-,21-,22-/m0/s1. The first-order chi connectivity index (χ1) is 15.8. The molecule has 2 aromatic rings. The summed E-state index contributed by atoms with van der Waals surface area (Å²) in [7, 11) is 0. The Balaban J connectivity index is 2.06. The van der Waals surface area contributed by atoms with Crippen LogP contribution in [0.1, 0.15) is 31.9 Å². The Labute approximate surface area is 194 Å². The molecule has 8 heteroatoms. The summed E-state index contributed by atoms with van der Waals surface area (Å²) in [5.74, 6) is -1.26. The molecule has 0 aliphatic heterocycles. The van der Waals surface area contributed by atoms with E-state index in [9.17, 15) is 19.2 Å². The van der Waals surface area contributed by atoms with E-state index in [4.69, 9.17) is 4.74 Å². The Bertz CT molecular complexity index is 918. The predicted molar refractivity (Wildman–Crippen MR) is 124 cm³/mol. The topological polar surface area (TPSA) is 114 Å². The SMILES string of the molecule is CC(C)[C@H](NC(=O)OCc1ccccc1)C(=O)N[C@@H](Cc1ccccc1)C(=O)N[C@@H](C)C=O. The first-order valence-corrected chi connectivity index (χ1v) is 10.9. The normalized spacial score (nSPS) is 13.3. The highest BCUT2D eigenvalue weighted by molar-refractivity contribution is 5.92. The molecule has 0 radical (unpaired) electrons. The van der Waals surface area contributed by atoms with Crippen molar-refractivity contribution in [1.82, 2.24) is 16.0 Å². The zero-order valence-electron chi connectivity index (χ0n) is 19.1. The van der Waals surface area contributed by atoms with Crippen molar-refractivity contribution in [2.45, 2.75) is 51.9 Å². The minimum Gasteiger partial charge on any atom is -0.445 e. The molecular weight excluding hydrogens is 422 g/mol. The Morgan fingerprint density at radius 2 is 1.39 bits per heavy atom. The van der Waals surface area contributed by atoms with Crippen LogP contribution in [0.25, 0.3) is 0 Å². The summed E-state index contributed by atoms with van der Waals surface area (Å²) in [6.45, 7) is 5.18. The maximum atomic E-state index is 13.0. The average Bonchev–Trinajstić information content (AvgIpc) is 2.81. The lowest BCUT2D eigenvalue weighted by Gasteiger charge is -2.25. The quantitative estimate of drug-likeness (QED) is 0.452. The van der Waals surface area contributed by atoms with E-state index in [0.717, 1.165) is 11.1 Å². The van der Waals surface area contributed by atoms with Crippen LogP contribution in [0.3, 0.4) is 0 Å². The molecule has 0 bridgehead atoms. The van der Waals surface area contributed by atoms with E-state index >= 15 is 0 Å². The Kier molecular flexibility index (Phi) is 10.1. The maximum Gasteiger partial charge on any atom is 0.408 e. The molecule has 0 aromatic heterocycles. The van der Waals surface area contributed by atoms with Crippen LogP contribution >= 0.6 is 0 Å². The second-order valence-electron chi connectivity index (χ2n) is 8.11. The minimum absolute atomic E-state index is 0.0712. The summed E-state index contributed by atoms with van der Waals surface area (Å²) >= 11 is 0. The number of carbonyl (C=O) groups is 4. The number of alkyl carbamates (subject to hydrolysis) is 1. The van der Waals surface area contributed by atoms with Gasteiger partial charge in [0.25, 0.3) is 0 Å². The van der Waals surface area contributed by atoms with E-state index in [1.54, 1.807) is 20.8 Å². The number of hydrogen-bond acceptors (Lipinski definition) is 5. The zero-order chi connectivity index (χ0) is 24.2. The third-order valence-corrected chi connectivity index (χ3v) is 4.92. The van der Waals surface area contributed by atoms with Crippen LogP contribution in [0.2, 0.25) is 0 Å². The smallest absolute Gasteiger partial charge is 0.408 e. The number of nitrogens with one attached hydrogen (secondary N) is 3. The van der Waals surface area contributed by atoms with E-state index < -0.39 is 36.0 Å². The van der Waals surface area contributed by atoms with Gasteiger partial charge < -0.3 is 25.5 Å². The monoisotopic (exact) mass is 453 g/mol. The molecular formula is C25H31N3O5. The largest absolute Gasteiger partial charge is 0.445 e. The van der Waals surface area contributed by atoms with Gasteiger partial charge in [-0.25, -0.2) is 4.79 Å². The van der Waals surface area contributed by atoms with Crippen molar-refractivity contribution in [3.05, 3.63) is 71.8 Å². The van der Waals surface area contributed by atoms with Crippen molar-refractivity contribution in [1.29, 1.82) is 0 Å². The second-order valence-corrected chi connectivity index (χ2v) is 8.11. The van der Waals surface area contributed by atoms with Crippen LogP contribution in [0.15, 0.2) is 60.7 Å². The van der Waals surface area contributed by atoms with Gasteiger partial charge in [-0.3, -0.25) is 9.59 Å². The molecule has 33 heavy (non-hydrogen) atoms. The molecule has 0 aliphatic carbocycles. The molecule has 176 valence electrons. The number of ether oxygens (including phenoxy) is 1. The Morgan fingerprint density at radius 1 is 0.818 bits per heavy atom. The molecule has 0 fully saturated rings. The van der Waals surface area contributed by atoms with Crippen LogP contribution in [0, 0.1) is 5.92 Å². The van der Waals surface area contributed by atoms with Gasteiger partial charge in [0.05, 0.1) is 6.04 Å². The lowest BCUT2D eigenvalue weighted by atomic mass is 10.0. The molecule has 3 amide bonds. The van der Waals surface area contributed by atoms with Crippen molar-refractivity contribution in [3.8, 4) is 0 Å². The lowest BCUT2D eigenvalue weighted by Crippen LogP contribution is -2.56. The molecule has 2 aromatic carbocycles. The van der Waals surface area contributed by atoms with Gasteiger partial charge in [0.15, 0.2) is 0 Å². The van der Waals surface area contributed by atoms with Gasteiger partial charge in [-0.1, -0.05) is 74.5 Å². The van der Waals surface area contributed by atoms with E-state index in [1.807, 2.05) is 60.7 Å². The molecule has 0 spiro atoms. The molecule has 0 saturated heterocycles. The Morgan fingerprint density at radius 3 is 1.94 bits per heavy atom. The summed E-state index contributed by atoms with van der Waals surface area (Å²) in [6.07, 6.45) is 0.111. The third-order valence-electron chi connectivity index (χ3n) is 4.92. The summed E-state index contributed by atoms with van der Waals surface area (Å²) in [5.41, 5.74) is 1.66. The van der Waals surface area contributed by atoms with Gasteiger partial charge in [0.2, 0.25) is 11.8 Å². The Hall–Kier alpha value is -3.68. The summed E-state index contributed by atoms with van der Waals surface area (Å²) in [5, 5.41) is 7.87. The number of benzene rings is 2. The first kappa shape index (κ1) is 25.6. The van der Waals surface area contributed by atoms with Crippen LogP contribution in [-0.4, -0.2) is 42.3 Å². The van der Waals surface area contributed by atoms with Gasteiger partial charge in [0, 0.05) is 6.42 Å². The van der Waals surface area contributed by atoms with Crippen molar-refractivity contribution < 1.29 is 23.9 Å². The molecule has 2 rings (SSSR count). The van der Waals surface area contributed by atoms with Crippen LogP contribution < -0.4 is 16.0 Å². The zero-order valence-corrected chi connectivity index (χ0v) is 19.1. The number of aldehydes is 1. The number of hydrogen-bond donors (Lipinski definition) is 3. The van der Waals surface area contributed by atoms with Crippen molar-refractivity contribution in [2.24, 2.45) is 5.92 Å². The highest BCUT2D eigenvalue weighted by Gasteiger charge is 2.29. The van der Waals surface area contributed by atoms with Gasteiger partial charge in [-0.2, -0.15) is 0 Å². The van der Waals surface area contributed by atoms with Crippen LogP contribution in [0.5, 0.6) is 0 Å². The minimum atomic E-state index is -0.925. The molecule has 3 N–H and O–H groups in total. The van der Waals surface area contributed by atoms with Crippen molar-refractivity contribution in [2.75, 3.05) is 0 Å². The molecule has 0 aliphatic rings. The highest BCUT2D eigenvalue weighted by atomic mass is 16.5. The third kappa shape index (κ3) is 8.76. The summed E-state index contributed by atoms with van der Waals surface area (Å²) < 4.78 is 5.23. The lowest BCUT2D eigenvalue weighted by molar-refractivity contribution is -0.131. The fourth-order valence-electron chi connectivity index (χ4n) is 3.11.